The molecule has 0 aromatic rings. The average Bonchev–Trinajstić information content (AvgIpc) is 2.86. The van der Waals surface area contributed by atoms with Gasteiger partial charge in [0.1, 0.15) is 0 Å². The Morgan fingerprint density at radius 3 is 2.75 bits per heavy atom. The molecule has 1 nitrogen and oxygen atoms in total. The number of aliphatic hydroxyl groups excluding tert-OH is 1. The van der Waals surface area contributed by atoms with Crippen molar-refractivity contribution < 1.29 is 5.11 Å². The number of rotatable bonds is 0. The fourth-order valence-electron chi connectivity index (χ4n) is 5.45. The normalized spacial score (nSPS) is 46.7. The lowest BCUT2D eigenvalue weighted by atomic mass is 9.57. The minimum Gasteiger partial charge on any atom is -0.393 e. The van der Waals surface area contributed by atoms with Gasteiger partial charge in [0.25, 0.3) is 0 Å². The third kappa shape index (κ3) is 2.19. The molecule has 4 rings (SSSR count). The SMILES string of the molecule is C[C@@H]1CC2(C=C3CCC4C(O)CCCC4C31)SCCS2. The summed E-state index contributed by atoms with van der Waals surface area (Å²) in [6.07, 6.45) is 10.2. The first kappa shape index (κ1) is 14.0. The molecule has 1 saturated heterocycles. The maximum atomic E-state index is 10.4. The highest BCUT2D eigenvalue weighted by Crippen LogP contribution is 2.59. The van der Waals surface area contributed by atoms with Crippen molar-refractivity contribution in [3.05, 3.63) is 11.6 Å². The van der Waals surface area contributed by atoms with Crippen LogP contribution in [0.25, 0.3) is 0 Å². The van der Waals surface area contributed by atoms with E-state index >= 15 is 0 Å². The Morgan fingerprint density at radius 1 is 1.15 bits per heavy atom. The number of aliphatic hydroxyl groups is 1. The van der Waals surface area contributed by atoms with E-state index in [4.69, 9.17) is 0 Å². The second kappa shape index (κ2) is 5.24. The first-order chi connectivity index (χ1) is 9.69. The van der Waals surface area contributed by atoms with E-state index in [2.05, 4.69) is 36.5 Å². The second-order valence-electron chi connectivity index (χ2n) is 7.30. The van der Waals surface area contributed by atoms with E-state index in [0.717, 1.165) is 24.2 Å². The topological polar surface area (TPSA) is 20.2 Å². The smallest absolute Gasteiger partial charge is 0.0797 e. The summed E-state index contributed by atoms with van der Waals surface area (Å²) in [7, 11) is 0. The van der Waals surface area contributed by atoms with Crippen molar-refractivity contribution >= 4 is 23.5 Å². The maximum absolute atomic E-state index is 10.4. The molecule has 2 saturated carbocycles. The van der Waals surface area contributed by atoms with E-state index in [1.807, 2.05) is 0 Å². The molecule has 3 aliphatic carbocycles. The van der Waals surface area contributed by atoms with E-state index < -0.39 is 0 Å². The van der Waals surface area contributed by atoms with Crippen LogP contribution in [0.3, 0.4) is 0 Å². The van der Waals surface area contributed by atoms with Gasteiger partial charge in [-0.1, -0.05) is 25.0 Å². The monoisotopic (exact) mass is 310 g/mol. The third-order valence-corrected chi connectivity index (χ3v) is 9.47. The van der Waals surface area contributed by atoms with E-state index in [-0.39, 0.29) is 6.10 Å². The molecule has 1 heterocycles. The summed E-state index contributed by atoms with van der Waals surface area (Å²) in [6, 6.07) is 0. The van der Waals surface area contributed by atoms with Gasteiger partial charge >= 0.3 is 0 Å². The molecule has 5 atom stereocenters. The molecule has 0 radical (unpaired) electrons. The van der Waals surface area contributed by atoms with Crippen LogP contribution in [0.2, 0.25) is 0 Å². The molecular formula is C17H26OS2. The highest BCUT2D eigenvalue weighted by Gasteiger charge is 2.49. The molecule has 112 valence electrons. The zero-order valence-corrected chi connectivity index (χ0v) is 14.0. The molecule has 1 spiro atoms. The van der Waals surface area contributed by atoms with Gasteiger partial charge in [0, 0.05) is 11.5 Å². The van der Waals surface area contributed by atoms with Crippen LogP contribution in [-0.2, 0) is 0 Å². The molecule has 0 amide bonds. The number of thioether (sulfide) groups is 2. The van der Waals surface area contributed by atoms with Crippen LogP contribution in [0.5, 0.6) is 0 Å². The first-order valence-electron chi connectivity index (χ1n) is 8.36. The molecule has 3 heteroatoms. The first-order valence-corrected chi connectivity index (χ1v) is 10.3. The predicted octanol–water partition coefficient (Wildman–Crippen LogP) is 4.32. The summed E-state index contributed by atoms with van der Waals surface area (Å²) in [6.45, 7) is 2.49. The zero-order valence-electron chi connectivity index (χ0n) is 12.4. The lowest BCUT2D eigenvalue weighted by Crippen LogP contribution is -2.45. The molecule has 1 aliphatic heterocycles. The summed E-state index contributed by atoms with van der Waals surface area (Å²) < 4.78 is 0.422. The van der Waals surface area contributed by atoms with Crippen molar-refractivity contribution in [2.24, 2.45) is 23.7 Å². The van der Waals surface area contributed by atoms with Gasteiger partial charge in [0.15, 0.2) is 0 Å². The molecule has 3 fully saturated rings. The van der Waals surface area contributed by atoms with Crippen LogP contribution in [-0.4, -0.2) is 26.8 Å². The number of fused-ring (bicyclic) bond motifs is 3. The Labute approximate surface area is 131 Å². The molecule has 20 heavy (non-hydrogen) atoms. The highest BCUT2D eigenvalue weighted by atomic mass is 32.2. The van der Waals surface area contributed by atoms with Crippen LogP contribution >= 0.6 is 23.5 Å². The standard InChI is InChI=1S/C17H26OS2/c1-11-9-17(19-7-8-20-17)10-12-5-6-13-14(16(11)12)3-2-4-15(13)18/h10-11,13-16,18H,2-9H2,1H3/t11-,13?,14?,15?,16?/m1/s1. The number of allylic oxidation sites excluding steroid dienone is 1. The van der Waals surface area contributed by atoms with Crippen LogP contribution in [0.15, 0.2) is 11.6 Å². The minimum atomic E-state index is -0.00591. The Morgan fingerprint density at radius 2 is 1.95 bits per heavy atom. The lowest BCUT2D eigenvalue weighted by molar-refractivity contribution is -0.0130. The highest BCUT2D eigenvalue weighted by molar-refractivity contribution is 8.21. The van der Waals surface area contributed by atoms with Gasteiger partial charge in [-0.25, -0.2) is 0 Å². The summed E-state index contributed by atoms with van der Waals surface area (Å²) in [5, 5.41) is 10.4. The average molecular weight is 311 g/mol. The minimum absolute atomic E-state index is 0.00591. The van der Waals surface area contributed by atoms with Crippen molar-refractivity contribution in [2.45, 2.75) is 55.6 Å². The van der Waals surface area contributed by atoms with Gasteiger partial charge in [0.2, 0.25) is 0 Å². The molecular weight excluding hydrogens is 284 g/mol. The molecule has 1 N–H and O–H groups in total. The fourth-order valence-corrected chi connectivity index (χ4v) is 8.87. The second-order valence-corrected chi connectivity index (χ2v) is 10.4. The quantitative estimate of drug-likeness (QED) is 0.673. The summed E-state index contributed by atoms with van der Waals surface area (Å²) in [5.41, 5.74) is 1.76. The van der Waals surface area contributed by atoms with Crippen molar-refractivity contribution in [3.8, 4) is 0 Å². The summed E-state index contributed by atoms with van der Waals surface area (Å²) in [5.74, 6) is 5.64. The van der Waals surface area contributed by atoms with E-state index in [1.165, 1.54) is 43.6 Å². The van der Waals surface area contributed by atoms with Crippen LogP contribution in [0.1, 0.15) is 45.4 Å². The van der Waals surface area contributed by atoms with Crippen LogP contribution in [0.4, 0.5) is 0 Å². The van der Waals surface area contributed by atoms with Crippen molar-refractivity contribution in [1.29, 1.82) is 0 Å². The number of hydrogen-bond donors (Lipinski definition) is 1. The Bertz CT molecular complexity index is 413. The van der Waals surface area contributed by atoms with Crippen LogP contribution in [0, 0.1) is 23.7 Å². The molecule has 4 unspecified atom stereocenters. The van der Waals surface area contributed by atoms with Gasteiger partial charge in [-0.3, -0.25) is 0 Å². The van der Waals surface area contributed by atoms with E-state index in [0.29, 0.717) is 10.00 Å². The summed E-state index contributed by atoms with van der Waals surface area (Å²) >= 11 is 4.38. The predicted molar refractivity (Wildman–Crippen MR) is 89.1 cm³/mol. The van der Waals surface area contributed by atoms with Crippen LogP contribution < -0.4 is 0 Å². The largest absolute Gasteiger partial charge is 0.393 e. The van der Waals surface area contributed by atoms with Gasteiger partial charge in [-0.2, -0.15) is 0 Å². The van der Waals surface area contributed by atoms with Gasteiger partial charge in [0.05, 0.1) is 10.2 Å². The van der Waals surface area contributed by atoms with Crippen molar-refractivity contribution in [3.63, 3.8) is 0 Å². The maximum Gasteiger partial charge on any atom is 0.0797 e. The number of hydrogen-bond acceptors (Lipinski definition) is 3. The van der Waals surface area contributed by atoms with Crippen molar-refractivity contribution in [2.75, 3.05) is 11.5 Å². The zero-order chi connectivity index (χ0) is 13.7. The molecule has 4 aliphatic rings. The fraction of sp³-hybridized carbons (Fsp3) is 0.882. The van der Waals surface area contributed by atoms with Crippen molar-refractivity contribution in [1.82, 2.24) is 0 Å². The van der Waals surface area contributed by atoms with Gasteiger partial charge in [-0.05, 0) is 55.8 Å². The lowest BCUT2D eigenvalue weighted by Gasteiger charge is -2.51. The van der Waals surface area contributed by atoms with Gasteiger partial charge in [-0.15, -0.1) is 23.5 Å². The van der Waals surface area contributed by atoms with E-state index in [9.17, 15) is 5.11 Å². The molecule has 0 aromatic carbocycles. The Kier molecular flexibility index (Phi) is 3.67. The molecule has 0 bridgehead atoms. The Balaban J connectivity index is 1.65. The molecule has 0 aromatic heterocycles. The van der Waals surface area contributed by atoms with E-state index in [1.54, 1.807) is 5.57 Å². The van der Waals surface area contributed by atoms with Gasteiger partial charge < -0.3 is 5.11 Å². The Hall–Kier alpha value is 0.400. The third-order valence-electron chi connectivity index (χ3n) is 6.14. The summed E-state index contributed by atoms with van der Waals surface area (Å²) in [4.78, 5) is 0.